The number of hydrogen-bond donors (Lipinski definition) is 1. The lowest BCUT2D eigenvalue weighted by Gasteiger charge is -2.14. The maximum atomic E-state index is 11.8. The van der Waals surface area contributed by atoms with Gasteiger partial charge in [0.2, 0.25) is 0 Å². The molecule has 1 N–H and O–H groups in total. The topological polar surface area (TPSA) is 66.8 Å². The van der Waals surface area contributed by atoms with Crippen LogP contribution >= 0.6 is 0 Å². The van der Waals surface area contributed by atoms with Crippen molar-refractivity contribution >= 4 is 11.9 Å². The first-order valence-corrected chi connectivity index (χ1v) is 6.40. The number of ether oxygens (including phenoxy) is 1. The summed E-state index contributed by atoms with van der Waals surface area (Å²) in [6.07, 6.45) is 2.38. The predicted octanol–water partition coefficient (Wildman–Crippen LogP) is 1.64. The van der Waals surface area contributed by atoms with Crippen LogP contribution in [0.2, 0.25) is 0 Å². The van der Waals surface area contributed by atoms with Crippen molar-refractivity contribution in [1.82, 2.24) is 4.90 Å². The van der Waals surface area contributed by atoms with Gasteiger partial charge in [-0.3, -0.25) is 4.90 Å². The van der Waals surface area contributed by atoms with E-state index in [2.05, 4.69) is 4.90 Å². The van der Waals surface area contributed by atoms with Gasteiger partial charge in [0.25, 0.3) is 0 Å². The maximum absolute atomic E-state index is 11.8. The summed E-state index contributed by atoms with van der Waals surface area (Å²) in [4.78, 5) is 25.1. The predicted molar refractivity (Wildman–Crippen MR) is 69.4 cm³/mol. The quantitative estimate of drug-likeness (QED) is 0.818. The van der Waals surface area contributed by atoms with Gasteiger partial charge in [0.05, 0.1) is 11.1 Å². The fourth-order valence-electron chi connectivity index (χ4n) is 2.20. The average molecular weight is 263 g/mol. The Morgan fingerprint density at radius 3 is 2.42 bits per heavy atom. The summed E-state index contributed by atoms with van der Waals surface area (Å²) in [6.45, 7) is 3.10. The van der Waals surface area contributed by atoms with Gasteiger partial charge in [-0.25, -0.2) is 9.59 Å². The number of carbonyl (C=O) groups excluding carboxylic acids is 1. The van der Waals surface area contributed by atoms with Gasteiger partial charge >= 0.3 is 11.9 Å². The van der Waals surface area contributed by atoms with Gasteiger partial charge in [0.15, 0.2) is 0 Å². The lowest BCUT2D eigenvalue weighted by molar-refractivity contribution is 0.0463. The van der Waals surface area contributed by atoms with Crippen LogP contribution in [0.25, 0.3) is 0 Å². The minimum absolute atomic E-state index is 0.0197. The smallest absolute Gasteiger partial charge is 0.339 e. The molecule has 1 aliphatic heterocycles. The number of nitrogens with zero attached hydrogens (tertiary/aromatic N) is 1. The summed E-state index contributed by atoms with van der Waals surface area (Å²) in [5.74, 6) is -1.69. The molecule has 0 spiro atoms. The molecular formula is C14H17NO4. The van der Waals surface area contributed by atoms with Crippen molar-refractivity contribution in [2.75, 3.05) is 26.2 Å². The average Bonchev–Trinajstić information content (AvgIpc) is 2.91. The number of hydrogen-bond acceptors (Lipinski definition) is 4. The molecule has 0 radical (unpaired) electrons. The van der Waals surface area contributed by atoms with Crippen LogP contribution in [0.1, 0.15) is 33.6 Å². The molecule has 1 heterocycles. The second-order valence-electron chi connectivity index (χ2n) is 4.54. The summed E-state index contributed by atoms with van der Waals surface area (Å²) in [5.41, 5.74) is 0.0881. The molecule has 1 aliphatic rings. The van der Waals surface area contributed by atoms with Crippen LogP contribution < -0.4 is 0 Å². The molecule has 0 atom stereocenters. The number of carboxylic acids is 1. The van der Waals surface area contributed by atoms with Gasteiger partial charge in [0.1, 0.15) is 6.61 Å². The van der Waals surface area contributed by atoms with Gasteiger partial charge < -0.3 is 9.84 Å². The fourth-order valence-corrected chi connectivity index (χ4v) is 2.20. The molecular weight excluding hydrogens is 246 g/mol. The second kappa shape index (κ2) is 6.33. The largest absolute Gasteiger partial charge is 0.478 e. The molecule has 102 valence electrons. The molecule has 1 aromatic carbocycles. The van der Waals surface area contributed by atoms with Gasteiger partial charge in [-0.1, -0.05) is 12.1 Å². The zero-order valence-corrected chi connectivity index (χ0v) is 10.7. The SMILES string of the molecule is O=C(O)c1ccccc1C(=O)OCCN1CCCC1. The van der Waals surface area contributed by atoms with E-state index in [0.29, 0.717) is 13.2 Å². The molecule has 5 heteroatoms. The van der Waals surface area contributed by atoms with Crippen LogP contribution in [0.4, 0.5) is 0 Å². The molecule has 0 aromatic heterocycles. The molecule has 0 aliphatic carbocycles. The van der Waals surface area contributed by atoms with Crippen LogP contribution in [0.15, 0.2) is 24.3 Å². The van der Waals surface area contributed by atoms with Crippen LogP contribution in [-0.4, -0.2) is 48.2 Å². The lowest BCUT2D eigenvalue weighted by atomic mass is 10.1. The molecule has 0 bridgehead atoms. The molecule has 1 aromatic rings. The molecule has 0 saturated carbocycles. The minimum Gasteiger partial charge on any atom is -0.478 e. The number of likely N-dealkylation sites (tertiary alicyclic amines) is 1. The lowest BCUT2D eigenvalue weighted by Crippen LogP contribution is -2.25. The number of benzene rings is 1. The number of rotatable bonds is 5. The first-order chi connectivity index (χ1) is 9.18. The van der Waals surface area contributed by atoms with Crippen molar-refractivity contribution in [3.05, 3.63) is 35.4 Å². The van der Waals surface area contributed by atoms with Crippen molar-refractivity contribution in [2.45, 2.75) is 12.8 Å². The summed E-state index contributed by atoms with van der Waals surface area (Å²) in [6, 6.07) is 6.09. The highest BCUT2D eigenvalue weighted by atomic mass is 16.5. The highest BCUT2D eigenvalue weighted by Crippen LogP contribution is 2.11. The number of carbonyl (C=O) groups is 2. The van der Waals surface area contributed by atoms with E-state index < -0.39 is 11.9 Å². The highest BCUT2D eigenvalue weighted by molar-refractivity contribution is 6.02. The number of esters is 1. The zero-order valence-electron chi connectivity index (χ0n) is 10.7. The Labute approximate surface area is 111 Å². The summed E-state index contributed by atoms with van der Waals surface area (Å²) in [7, 11) is 0. The molecule has 1 fully saturated rings. The van der Waals surface area contributed by atoms with Crippen molar-refractivity contribution in [1.29, 1.82) is 0 Å². The van der Waals surface area contributed by atoms with Gasteiger partial charge in [0, 0.05) is 6.54 Å². The monoisotopic (exact) mass is 263 g/mol. The van der Waals surface area contributed by atoms with Crippen LogP contribution in [0.5, 0.6) is 0 Å². The van der Waals surface area contributed by atoms with Crippen LogP contribution in [0, 0.1) is 0 Å². The van der Waals surface area contributed by atoms with Gasteiger partial charge in [-0.05, 0) is 38.1 Å². The summed E-state index contributed by atoms with van der Waals surface area (Å²) in [5, 5.41) is 9.00. The first kappa shape index (κ1) is 13.5. The van der Waals surface area contributed by atoms with Crippen molar-refractivity contribution in [3.63, 3.8) is 0 Å². The summed E-state index contributed by atoms with van der Waals surface area (Å²) >= 11 is 0. The Balaban J connectivity index is 1.90. The van der Waals surface area contributed by atoms with E-state index in [-0.39, 0.29) is 11.1 Å². The van der Waals surface area contributed by atoms with Crippen LogP contribution in [0.3, 0.4) is 0 Å². The van der Waals surface area contributed by atoms with Gasteiger partial charge in [-0.15, -0.1) is 0 Å². The molecule has 2 rings (SSSR count). The summed E-state index contributed by atoms with van der Waals surface area (Å²) < 4.78 is 5.14. The third-order valence-corrected chi connectivity index (χ3v) is 3.22. The van der Waals surface area contributed by atoms with E-state index in [1.807, 2.05) is 0 Å². The van der Waals surface area contributed by atoms with E-state index in [1.54, 1.807) is 12.1 Å². The molecule has 0 amide bonds. The van der Waals surface area contributed by atoms with E-state index >= 15 is 0 Å². The Bertz CT molecular complexity index is 466. The van der Waals surface area contributed by atoms with E-state index in [4.69, 9.17) is 9.84 Å². The van der Waals surface area contributed by atoms with Crippen molar-refractivity contribution < 1.29 is 19.4 Å². The standard InChI is InChI=1S/C14H17NO4/c16-13(17)11-5-1-2-6-12(11)14(18)19-10-9-15-7-3-4-8-15/h1-2,5-6H,3-4,7-10H2,(H,16,17). The van der Waals surface area contributed by atoms with Crippen molar-refractivity contribution in [2.24, 2.45) is 0 Å². The Morgan fingerprint density at radius 2 is 1.79 bits per heavy atom. The maximum Gasteiger partial charge on any atom is 0.339 e. The highest BCUT2D eigenvalue weighted by Gasteiger charge is 2.17. The third kappa shape index (κ3) is 3.54. The van der Waals surface area contributed by atoms with Crippen molar-refractivity contribution in [3.8, 4) is 0 Å². The normalized spacial score (nSPS) is 15.4. The Morgan fingerprint density at radius 1 is 1.16 bits per heavy atom. The minimum atomic E-state index is -1.12. The first-order valence-electron chi connectivity index (χ1n) is 6.40. The fraction of sp³-hybridized carbons (Fsp3) is 0.429. The molecule has 0 unspecified atom stereocenters. The molecule has 5 nitrogen and oxygen atoms in total. The van der Waals surface area contributed by atoms with Gasteiger partial charge in [-0.2, -0.15) is 0 Å². The van der Waals surface area contributed by atoms with E-state index in [9.17, 15) is 9.59 Å². The number of carboxylic acid groups (broad SMARTS) is 1. The third-order valence-electron chi connectivity index (χ3n) is 3.22. The van der Waals surface area contributed by atoms with Crippen LogP contribution in [-0.2, 0) is 4.74 Å². The Hall–Kier alpha value is -1.88. The van der Waals surface area contributed by atoms with E-state index in [1.165, 1.54) is 25.0 Å². The second-order valence-corrected chi connectivity index (χ2v) is 4.54. The Kier molecular flexibility index (Phi) is 4.52. The number of aromatic carboxylic acids is 1. The zero-order chi connectivity index (χ0) is 13.7. The molecule has 19 heavy (non-hydrogen) atoms. The van der Waals surface area contributed by atoms with E-state index in [0.717, 1.165) is 13.1 Å². The molecule has 1 saturated heterocycles.